The Morgan fingerprint density at radius 2 is 1.89 bits per heavy atom. The Labute approximate surface area is 113 Å². The summed E-state index contributed by atoms with van der Waals surface area (Å²) in [5.41, 5.74) is 2.62. The predicted molar refractivity (Wildman–Crippen MR) is 76.3 cm³/mol. The van der Waals surface area contributed by atoms with Crippen molar-refractivity contribution in [1.82, 2.24) is 9.97 Å². The first-order valence-electron chi connectivity index (χ1n) is 6.60. The fourth-order valence-electron chi connectivity index (χ4n) is 1.90. The largest absolute Gasteiger partial charge is 0.478 e. The van der Waals surface area contributed by atoms with Gasteiger partial charge in [0.1, 0.15) is 0 Å². The van der Waals surface area contributed by atoms with Gasteiger partial charge in [0, 0.05) is 18.8 Å². The Hall–Kier alpha value is -2.10. The lowest BCUT2D eigenvalue weighted by molar-refractivity contribution is 0.326. The van der Waals surface area contributed by atoms with Crippen LogP contribution < -0.4 is 10.1 Å². The van der Waals surface area contributed by atoms with Crippen LogP contribution in [0, 0.1) is 0 Å². The molecule has 0 fully saturated rings. The molecule has 0 aliphatic heterocycles. The highest BCUT2D eigenvalue weighted by Gasteiger charge is 2.02. The number of hydrogen-bond acceptors (Lipinski definition) is 4. The van der Waals surface area contributed by atoms with Crippen molar-refractivity contribution < 1.29 is 4.74 Å². The third-order valence-electron chi connectivity index (χ3n) is 2.86. The maximum atomic E-state index is 5.35. The van der Waals surface area contributed by atoms with E-state index in [1.165, 1.54) is 11.1 Å². The summed E-state index contributed by atoms with van der Waals surface area (Å²) in [6.07, 6.45) is 2.73. The summed E-state index contributed by atoms with van der Waals surface area (Å²) in [6.45, 7) is 5.42. The summed E-state index contributed by atoms with van der Waals surface area (Å²) < 4.78 is 5.35. The van der Waals surface area contributed by atoms with Gasteiger partial charge < -0.3 is 10.1 Å². The third-order valence-corrected chi connectivity index (χ3v) is 2.86. The van der Waals surface area contributed by atoms with Crippen LogP contribution in [-0.2, 0) is 13.0 Å². The van der Waals surface area contributed by atoms with E-state index in [1.54, 1.807) is 12.3 Å². The van der Waals surface area contributed by atoms with Crippen LogP contribution in [0.25, 0.3) is 0 Å². The maximum absolute atomic E-state index is 5.35. The van der Waals surface area contributed by atoms with E-state index in [4.69, 9.17) is 4.74 Å². The summed E-state index contributed by atoms with van der Waals surface area (Å²) in [7, 11) is 0. The van der Waals surface area contributed by atoms with Crippen molar-refractivity contribution >= 4 is 5.95 Å². The third kappa shape index (κ3) is 3.68. The number of nitrogens with one attached hydrogen (secondary N) is 1. The second kappa shape index (κ2) is 6.73. The molecule has 4 heteroatoms. The topological polar surface area (TPSA) is 47.0 Å². The first-order valence-corrected chi connectivity index (χ1v) is 6.60. The van der Waals surface area contributed by atoms with Gasteiger partial charge in [-0.1, -0.05) is 31.2 Å². The van der Waals surface area contributed by atoms with Crippen LogP contribution in [0.1, 0.15) is 25.0 Å². The van der Waals surface area contributed by atoms with Crippen molar-refractivity contribution in [2.45, 2.75) is 26.8 Å². The number of aryl methyl sites for hydroxylation is 1. The summed E-state index contributed by atoms with van der Waals surface area (Å²) in [5, 5.41) is 3.23. The number of rotatable bonds is 6. The number of anilines is 1. The molecule has 0 aliphatic rings. The average molecular weight is 257 g/mol. The summed E-state index contributed by atoms with van der Waals surface area (Å²) in [4.78, 5) is 8.48. The van der Waals surface area contributed by atoms with E-state index >= 15 is 0 Å². The molecule has 0 bridgehead atoms. The smallest absolute Gasteiger partial charge is 0.226 e. The first kappa shape index (κ1) is 13.3. The molecule has 1 aromatic heterocycles. The van der Waals surface area contributed by atoms with E-state index in [1.807, 2.05) is 13.0 Å². The van der Waals surface area contributed by atoms with Crippen LogP contribution in [0.4, 0.5) is 5.95 Å². The van der Waals surface area contributed by atoms with E-state index in [-0.39, 0.29) is 0 Å². The lowest BCUT2D eigenvalue weighted by Crippen LogP contribution is -2.06. The van der Waals surface area contributed by atoms with Crippen molar-refractivity contribution in [2.24, 2.45) is 0 Å². The number of ether oxygens (including phenoxy) is 1. The van der Waals surface area contributed by atoms with Crippen LogP contribution >= 0.6 is 0 Å². The summed E-state index contributed by atoms with van der Waals surface area (Å²) >= 11 is 0. The quantitative estimate of drug-likeness (QED) is 0.864. The molecule has 0 saturated carbocycles. The fourth-order valence-corrected chi connectivity index (χ4v) is 1.90. The molecule has 0 amide bonds. The van der Waals surface area contributed by atoms with Crippen LogP contribution in [0.5, 0.6) is 5.88 Å². The molecule has 0 spiro atoms. The molecule has 0 radical (unpaired) electrons. The second-order valence-electron chi connectivity index (χ2n) is 4.13. The molecular formula is C15H19N3O. The SMILES string of the molecule is CCOc1ccnc(NCc2ccccc2CC)n1. The Morgan fingerprint density at radius 3 is 2.63 bits per heavy atom. The standard InChI is InChI=1S/C15H19N3O/c1-3-12-7-5-6-8-13(12)11-17-15-16-10-9-14(18-15)19-4-2/h5-10H,3-4,11H2,1-2H3,(H,16,17,18). The highest BCUT2D eigenvalue weighted by atomic mass is 16.5. The Bertz CT molecular complexity index is 528. The monoisotopic (exact) mass is 257 g/mol. The molecule has 1 heterocycles. The van der Waals surface area contributed by atoms with Crippen LogP contribution in [-0.4, -0.2) is 16.6 Å². The molecule has 0 atom stereocenters. The fraction of sp³-hybridized carbons (Fsp3) is 0.333. The normalized spacial score (nSPS) is 10.2. The van der Waals surface area contributed by atoms with Gasteiger partial charge in [-0.3, -0.25) is 0 Å². The minimum atomic E-state index is 0.594. The van der Waals surface area contributed by atoms with Crippen molar-refractivity contribution in [2.75, 3.05) is 11.9 Å². The summed E-state index contributed by atoms with van der Waals surface area (Å²) in [5.74, 6) is 1.20. The van der Waals surface area contributed by atoms with Crippen LogP contribution in [0.3, 0.4) is 0 Å². The predicted octanol–water partition coefficient (Wildman–Crippen LogP) is 3.05. The number of hydrogen-bond donors (Lipinski definition) is 1. The van der Waals surface area contributed by atoms with E-state index in [0.29, 0.717) is 18.4 Å². The van der Waals surface area contributed by atoms with Gasteiger partial charge in [0.2, 0.25) is 11.8 Å². The first-order chi connectivity index (χ1) is 9.33. The van der Waals surface area contributed by atoms with Gasteiger partial charge in [0.15, 0.2) is 0 Å². The van der Waals surface area contributed by atoms with Gasteiger partial charge in [-0.15, -0.1) is 0 Å². The molecule has 0 unspecified atom stereocenters. The highest BCUT2D eigenvalue weighted by molar-refractivity contribution is 5.33. The zero-order valence-electron chi connectivity index (χ0n) is 11.4. The Morgan fingerprint density at radius 1 is 1.11 bits per heavy atom. The van der Waals surface area contributed by atoms with E-state index < -0.39 is 0 Å². The van der Waals surface area contributed by atoms with E-state index in [9.17, 15) is 0 Å². The summed E-state index contributed by atoms with van der Waals surface area (Å²) in [6, 6.07) is 10.1. The maximum Gasteiger partial charge on any atom is 0.226 e. The Kier molecular flexibility index (Phi) is 4.72. The molecular weight excluding hydrogens is 238 g/mol. The van der Waals surface area contributed by atoms with Crippen LogP contribution in [0.15, 0.2) is 36.5 Å². The second-order valence-corrected chi connectivity index (χ2v) is 4.13. The average Bonchev–Trinajstić information content (AvgIpc) is 2.46. The molecule has 1 aromatic carbocycles. The van der Waals surface area contributed by atoms with Gasteiger partial charge in [0.05, 0.1) is 6.61 Å². The minimum absolute atomic E-state index is 0.594. The number of benzene rings is 1. The van der Waals surface area contributed by atoms with Gasteiger partial charge in [-0.05, 0) is 24.5 Å². The number of nitrogens with zero attached hydrogens (tertiary/aromatic N) is 2. The zero-order chi connectivity index (χ0) is 13.5. The molecule has 1 N–H and O–H groups in total. The Balaban J connectivity index is 2.03. The van der Waals surface area contributed by atoms with Gasteiger partial charge in [-0.25, -0.2) is 4.98 Å². The van der Waals surface area contributed by atoms with Gasteiger partial charge in [0.25, 0.3) is 0 Å². The molecule has 2 aromatic rings. The van der Waals surface area contributed by atoms with Gasteiger partial charge >= 0.3 is 0 Å². The van der Waals surface area contributed by atoms with Gasteiger partial charge in [-0.2, -0.15) is 4.98 Å². The number of aromatic nitrogens is 2. The molecule has 2 rings (SSSR count). The lowest BCUT2D eigenvalue weighted by Gasteiger charge is -2.09. The molecule has 0 saturated heterocycles. The van der Waals surface area contributed by atoms with Crippen molar-refractivity contribution in [3.05, 3.63) is 47.7 Å². The molecule has 19 heavy (non-hydrogen) atoms. The lowest BCUT2D eigenvalue weighted by atomic mass is 10.1. The van der Waals surface area contributed by atoms with E-state index in [2.05, 4.69) is 40.4 Å². The minimum Gasteiger partial charge on any atom is -0.478 e. The molecule has 100 valence electrons. The molecule has 0 aliphatic carbocycles. The van der Waals surface area contributed by atoms with Crippen LogP contribution in [0.2, 0.25) is 0 Å². The zero-order valence-corrected chi connectivity index (χ0v) is 11.4. The van der Waals surface area contributed by atoms with Crippen molar-refractivity contribution in [3.63, 3.8) is 0 Å². The highest BCUT2D eigenvalue weighted by Crippen LogP contribution is 2.13. The molecule has 4 nitrogen and oxygen atoms in total. The van der Waals surface area contributed by atoms with Crippen molar-refractivity contribution in [1.29, 1.82) is 0 Å². The van der Waals surface area contributed by atoms with E-state index in [0.717, 1.165) is 13.0 Å². The van der Waals surface area contributed by atoms with Crippen molar-refractivity contribution in [3.8, 4) is 5.88 Å².